The average molecular weight is 380 g/mol. The minimum atomic E-state index is -0.214. The molecule has 7 heteroatoms. The first kappa shape index (κ1) is 19.4. The van der Waals surface area contributed by atoms with E-state index in [2.05, 4.69) is 10.3 Å². The third-order valence-electron chi connectivity index (χ3n) is 4.35. The van der Waals surface area contributed by atoms with Crippen LogP contribution in [-0.2, 0) is 11.4 Å². The van der Waals surface area contributed by atoms with Crippen LogP contribution in [0.4, 0.5) is 0 Å². The largest absolute Gasteiger partial charge is 0.487 e. The molecule has 0 unspecified atom stereocenters. The van der Waals surface area contributed by atoms with E-state index in [0.29, 0.717) is 24.5 Å². The summed E-state index contributed by atoms with van der Waals surface area (Å²) in [6, 6.07) is 10.9. The SMILES string of the molecule is Cc1cccn2cc(COc3ccc(C(=O)NCCC(=O)N(C)C)cc3)nc12. The monoisotopic (exact) mass is 380 g/mol. The Morgan fingerprint density at radius 3 is 2.61 bits per heavy atom. The van der Waals surface area contributed by atoms with Crippen LogP contribution in [0, 0.1) is 6.92 Å². The summed E-state index contributed by atoms with van der Waals surface area (Å²) >= 11 is 0. The average Bonchev–Trinajstić information content (AvgIpc) is 3.11. The highest BCUT2D eigenvalue weighted by Crippen LogP contribution is 2.15. The van der Waals surface area contributed by atoms with Gasteiger partial charge in [0.2, 0.25) is 5.91 Å². The normalized spacial score (nSPS) is 10.7. The van der Waals surface area contributed by atoms with Gasteiger partial charge in [-0.25, -0.2) is 4.98 Å². The first-order valence-electron chi connectivity index (χ1n) is 9.08. The second kappa shape index (κ2) is 8.56. The lowest BCUT2D eigenvalue weighted by atomic mass is 10.2. The molecule has 0 radical (unpaired) electrons. The Bertz CT molecular complexity index is 977. The Kier molecular flexibility index (Phi) is 5.93. The lowest BCUT2D eigenvalue weighted by Crippen LogP contribution is -2.30. The molecule has 0 aliphatic carbocycles. The van der Waals surface area contributed by atoms with E-state index in [1.54, 1.807) is 38.4 Å². The molecule has 1 N–H and O–H groups in total. The highest BCUT2D eigenvalue weighted by Gasteiger charge is 2.09. The van der Waals surface area contributed by atoms with Crippen LogP contribution in [-0.4, -0.2) is 46.7 Å². The zero-order chi connectivity index (χ0) is 20.1. The summed E-state index contributed by atoms with van der Waals surface area (Å²) in [6.45, 7) is 2.67. The zero-order valence-corrected chi connectivity index (χ0v) is 16.3. The number of carbonyl (C=O) groups excluding carboxylic acids is 2. The van der Waals surface area contributed by atoms with Crippen molar-refractivity contribution in [3.05, 3.63) is 65.6 Å². The molecule has 3 aromatic rings. The van der Waals surface area contributed by atoms with Gasteiger partial charge in [0.25, 0.3) is 5.91 Å². The van der Waals surface area contributed by atoms with Crippen LogP contribution in [0.1, 0.15) is 28.0 Å². The molecular weight excluding hydrogens is 356 g/mol. The molecule has 2 heterocycles. The minimum absolute atomic E-state index is 0.0220. The molecule has 0 saturated heterocycles. The molecular formula is C21H24N4O3. The second-order valence-electron chi connectivity index (χ2n) is 6.76. The molecule has 0 aliphatic heterocycles. The smallest absolute Gasteiger partial charge is 0.251 e. The van der Waals surface area contributed by atoms with Crippen molar-refractivity contribution in [1.82, 2.24) is 19.6 Å². The van der Waals surface area contributed by atoms with Crippen molar-refractivity contribution in [2.45, 2.75) is 20.0 Å². The summed E-state index contributed by atoms with van der Waals surface area (Å²) in [7, 11) is 3.38. The van der Waals surface area contributed by atoms with Gasteiger partial charge in [0.1, 0.15) is 18.0 Å². The Morgan fingerprint density at radius 2 is 1.93 bits per heavy atom. The summed E-state index contributed by atoms with van der Waals surface area (Å²) in [5.41, 5.74) is 3.38. The highest BCUT2D eigenvalue weighted by molar-refractivity contribution is 5.94. The van der Waals surface area contributed by atoms with Gasteiger partial charge in [-0.05, 0) is 42.8 Å². The molecule has 7 nitrogen and oxygen atoms in total. The van der Waals surface area contributed by atoms with Gasteiger partial charge in [0, 0.05) is 45.0 Å². The number of nitrogens with one attached hydrogen (secondary N) is 1. The van der Waals surface area contributed by atoms with Crippen LogP contribution >= 0.6 is 0 Å². The lowest BCUT2D eigenvalue weighted by molar-refractivity contribution is -0.128. The van der Waals surface area contributed by atoms with E-state index < -0.39 is 0 Å². The Balaban J connectivity index is 1.53. The van der Waals surface area contributed by atoms with Crippen LogP contribution in [0.3, 0.4) is 0 Å². The lowest BCUT2D eigenvalue weighted by Gasteiger charge is -2.10. The van der Waals surface area contributed by atoms with Crippen LogP contribution in [0.2, 0.25) is 0 Å². The Labute approximate surface area is 163 Å². The number of pyridine rings is 1. The number of ether oxygens (including phenoxy) is 1. The summed E-state index contributed by atoms with van der Waals surface area (Å²) in [5.74, 6) is 0.424. The number of carbonyl (C=O) groups is 2. The van der Waals surface area contributed by atoms with E-state index in [4.69, 9.17) is 4.74 Å². The van der Waals surface area contributed by atoms with Gasteiger partial charge in [-0.3, -0.25) is 9.59 Å². The minimum Gasteiger partial charge on any atom is -0.487 e. The number of amides is 2. The number of aryl methyl sites for hydroxylation is 1. The molecule has 0 spiro atoms. The van der Waals surface area contributed by atoms with Crippen molar-refractivity contribution in [1.29, 1.82) is 0 Å². The number of hydrogen-bond donors (Lipinski definition) is 1. The second-order valence-corrected chi connectivity index (χ2v) is 6.76. The summed E-state index contributed by atoms with van der Waals surface area (Å²) in [5, 5.41) is 2.74. The Morgan fingerprint density at radius 1 is 1.18 bits per heavy atom. The maximum atomic E-state index is 12.1. The van der Waals surface area contributed by atoms with Gasteiger partial charge in [-0.2, -0.15) is 0 Å². The highest BCUT2D eigenvalue weighted by atomic mass is 16.5. The molecule has 2 aromatic heterocycles. The molecule has 0 aliphatic rings. The van der Waals surface area contributed by atoms with Crippen LogP contribution < -0.4 is 10.1 Å². The van der Waals surface area contributed by atoms with Crippen LogP contribution in [0.25, 0.3) is 5.65 Å². The number of hydrogen-bond acceptors (Lipinski definition) is 4. The standard InChI is InChI=1S/C21H24N4O3/c1-15-5-4-12-25-13-17(23-20(15)25)14-28-18-8-6-16(7-9-18)21(27)22-11-10-19(26)24(2)3/h4-9,12-13H,10-11,14H2,1-3H3,(H,22,27). The summed E-state index contributed by atoms with van der Waals surface area (Å²) < 4.78 is 7.75. The van der Waals surface area contributed by atoms with E-state index in [1.165, 1.54) is 4.90 Å². The maximum Gasteiger partial charge on any atom is 0.251 e. The number of aromatic nitrogens is 2. The maximum absolute atomic E-state index is 12.1. The van der Waals surface area contributed by atoms with E-state index in [1.807, 2.05) is 35.9 Å². The van der Waals surface area contributed by atoms with Gasteiger partial charge >= 0.3 is 0 Å². The summed E-state index contributed by atoms with van der Waals surface area (Å²) in [4.78, 5) is 29.7. The molecule has 0 fully saturated rings. The first-order chi connectivity index (χ1) is 13.4. The third kappa shape index (κ3) is 4.68. The van der Waals surface area contributed by atoms with Gasteiger partial charge in [-0.15, -0.1) is 0 Å². The van der Waals surface area contributed by atoms with E-state index in [-0.39, 0.29) is 18.2 Å². The summed E-state index contributed by atoms with van der Waals surface area (Å²) in [6.07, 6.45) is 4.18. The molecule has 0 atom stereocenters. The molecule has 3 rings (SSSR count). The fraction of sp³-hybridized carbons (Fsp3) is 0.286. The van der Waals surface area contributed by atoms with Gasteiger partial charge in [-0.1, -0.05) is 6.07 Å². The number of fused-ring (bicyclic) bond motifs is 1. The predicted molar refractivity (Wildman–Crippen MR) is 106 cm³/mol. The fourth-order valence-electron chi connectivity index (χ4n) is 2.74. The Hall–Kier alpha value is -3.35. The topological polar surface area (TPSA) is 75.9 Å². The number of nitrogens with zero attached hydrogens (tertiary/aromatic N) is 3. The van der Waals surface area contributed by atoms with E-state index >= 15 is 0 Å². The van der Waals surface area contributed by atoms with E-state index in [9.17, 15) is 9.59 Å². The van der Waals surface area contributed by atoms with Crippen molar-refractivity contribution in [2.75, 3.05) is 20.6 Å². The van der Waals surface area contributed by atoms with Crippen LogP contribution in [0.15, 0.2) is 48.8 Å². The van der Waals surface area contributed by atoms with Gasteiger partial charge in [0.05, 0.1) is 5.69 Å². The molecule has 146 valence electrons. The van der Waals surface area contributed by atoms with Gasteiger partial charge < -0.3 is 19.4 Å². The van der Waals surface area contributed by atoms with Crippen molar-refractivity contribution in [3.63, 3.8) is 0 Å². The van der Waals surface area contributed by atoms with Crippen molar-refractivity contribution in [2.24, 2.45) is 0 Å². The molecule has 1 aromatic carbocycles. The fourth-order valence-corrected chi connectivity index (χ4v) is 2.74. The quantitative estimate of drug-likeness (QED) is 0.683. The van der Waals surface area contributed by atoms with Gasteiger partial charge in [0.15, 0.2) is 0 Å². The number of rotatable bonds is 7. The van der Waals surface area contributed by atoms with Crippen molar-refractivity contribution >= 4 is 17.5 Å². The van der Waals surface area contributed by atoms with Crippen molar-refractivity contribution < 1.29 is 14.3 Å². The molecule has 28 heavy (non-hydrogen) atoms. The molecule has 0 bridgehead atoms. The zero-order valence-electron chi connectivity index (χ0n) is 16.3. The van der Waals surface area contributed by atoms with Crippen LogP contribution in [0.5, 0.6) is 5.75 Å². The third-order valence-corrected chi connectivity index (χ3v) is 4.35. The molecule has 0 saturated carbocycles. The number of imidazole rings is 1. The van der Waals surface area contributed by atoms with E-state index in [0.717, 1.165) is 16.9 Å². The first-order valence-corrected chi connectivity index (χ1v) is 9.08. The molecule has 2 amide bonds. The van der Waals surface area contributed by atoms with Crippen molar-refractivity contribution in [3.8, 4) is 5.75 Å². The number of benzene rings is 1. The predicted octanol–water partition coefficient (Wildman–Crippen LogP) is 2.43.